The third-order valence-corrected chi connectivity index (χ3v) is 5.79. The van der Waals surface area contributed by atoms with E-state index >= 15 is 0 Å². The third kappa shape index (κ3) is 9.77. The molecule has 4 heteroatoms. The molecule has 0 aliphatic carbocycles. The fraction of sp³-hybridized carbons (Fsp3) is 0.692. The van der Waals surface area contributed by atoms with E-state index in [9.17, 15) is 19.8 Å². The molecule has 0 aliphatic heterocycles. The van der Waals surface area contributed by atoms with Gasteiger partial charge >= 0.3 is 11.9 Å². The lowest BCUT2D eigenvalue weighted by Crippen LogP contribution is -2.14. The van der Waals surface area contributed by atoms with E-state index < -0.39 is 11.9 Å². The molecule has 4 nitrogen and oxygen atoms in total. The topological polar surface area (TPSA) is 74.6 Å². The first-order valence-corrected chi connectivity index (χ1v) is 11.8. The first kappa shape index (κ1) is 26.2. The number of hydrogen-bond acceptors (Lipinski definition) is 2. The highest BCUT2D eigenvalue weighted by Gasteiger charge is 2.22. The van der Waals surface area contributed by atoms with Crippen molar-refractivity contribution in [1.82, 2.24) is 0 Å². The molecule has 0 spiro atoms. The van der Waals surface area contributed by atoms with E-state index in [0.29, 0.717) is 12.3 Å². The van der Waals surface area contributed by atoms with Crippen LogP contribution in [0.25, 0.3) is 0 Å². The number of carboxylic acid groups (broad SMARTS) is 2. The molecule has 0 bridgehead atoms. The second-order valence-electron chi connectivity index (χ2n) is 9.43. The maximum absolute atomic E-state index is 11.9. The highest BCUT2D eigenvalue weighted by atomic mass is 16.4. The molecule has 1 rings (SSSR count). The number of unbranched alkanes of at least 4 members (excludes halogenated alkanes) is 6. The smallest absolute Gasteiger partial charge is 0.336 e. The van der Waals surface area contributed by atoms with Gasteiger partial charge in [0.05, 0.1) is 11.1 Å². The van der Waals surface area contributed by atoms with Crippen molar-refractivity contribution in [2.45, 2.75) is 105 Å². The summed E-state index contributed by atoms with van der Waals surface area (Å²) in [7, 11) is 0. The lowest BCUT2D eigenvalue weighted by Gasteiger charge is -2.15. The van der Waals surface area contributed by atoms with Gasteiger partial charge in [0.15, 0.2) is 0 Å². The van der Waals surface area contributed by atoms with Crippen molar-refractivity contribution in [2.24, 2.45) is 11.8 Å². The minimum Gasteiger partial charge on any atom is -0.478 e. The van der Waals surface area contributed by atoms with Crippen molar-refractivity contribution in [3.05, 3.63) is 34.4 Å². The van der Waals surface area contributed by atoms with Crippen LogP contribution in [0.3, 0.4) is 0 Å². The SMILES string of the molecule is CC(C)CCCCCCc1ccc(C(=O)O)c(C(=O)O)c1CCCCCCC(C)C. The van der Waals surface area contributed by atoms with Gasteiger partial charge < -0.3 is 10.2 Å². The van der Waals surface area contributed by atoms with E-state index in [1.807, 2.05) is 6.07 Å². The van der Waals surface area contributed by atoms with Gasteiger partial charge in [0, 0.05) is 0 Å². The molecule has 30 heavy (non-hydrogen) atoms. The lowest BCUT2D eigenvalue weighted by atomic mass is 9.89. The molecule has 170 valence electrons. The Bertz CT molecular complexity index is 661. The van der Waals surface area contributed by atoms with Crippen molar-refractivity contribution >= 4 is 11.9 Å². The zero-order chi connectivity index (χ0) is 22.5. The lowest BCUT2D eigenvalue weighted by molar-refractivity contribution is 0.0650. The molecular formula is C26H42O4. The van der Waals surface area contributed by atoms with Gasteiger partial charge in [0.25, 0.3) is 0 Å². The van der Waals surface area contributed by atoms with Gasteiger partial charge in [0.2, 0.25) is 0 Å². The number of carboxylic acids is 2. The van der Waals surface area contributed by atoms with Gasteiger partial charge in [-0.25, -0.2) is 9.59 Å². The molecule has 0 aromatic heterocycles. The summed E-state index contributed by atoms with van der Waals surface area (Å²) in [5, 5.41) is 19.2. The minimum absolute atomic E-state index is 0.00184. The number of benzene rings is 1. The molecule has 0 amide bonds. The third-order valence-electron chi connectivity index (χ3n) is 5.79. The number of aryl methyl sites for hydroxylation is 1. The van der Waals surface area contributed by atoms with E-state index in [2.05, 4.69) is 27.7 Å². The second kappa shape index (κ2) is 14.2. The maximum atomic E-state index is 11.9. The van der Waals surface area contributed by atoms with Gasteiger partial charge in [-0.05, 0) is 54.7 Å². The van der Waals surface area contributed by atoms with Crippen molar-refractivity contribution in [1.29, 1.82) is 0 Å². The van der Waals surface area contributed by atoms with Crippen LogP contribution >= 0.6 is 0 Å². The van der Waals surface area contributed by atoms with Crippen LogP contribution in [0.1, 0.15) is 124 Å². The second-order valence-corrected chi connectivity index (χ2v) is 9.43. The molecular weight excluding hydrogens is 376 g/mol. The van der Waals surface area contributed by atoms with Crippen molar-refractivity contribution in [3.8, 4) is 0 Å². The Kier molecular flexibility index (Phi) is 12.4. The van der Waals surface area contributed by atoms with Crippen LogP contribution in [0.4, 0.5) is 0 Å². The first-order chi connectivity index (χ1) is 14.2. The first-order valence-electron chi connectivity index (χ1n) is 11.8. The fourth-order valence-corrected chi connectivity index (χ4v) is 4.06. The van der Waals surface area contributed by atoms with Crippen molar-refractivity contribution < 1.29 is 19.8 Å². The Labute approximate surface area is 183 Å². The number of carbonyl (C=O) groups is 2. The maximum Gasteiger partial charge on any atom is 0.336 e. The Morgan fingerprint density at radius 2 is 1.20 bits per heavy atom. The average Bonchev–Trinajstić information content (AvgIpc) is 2.66. The van der Waals surface area contributed by atoms with E-state index in [1.54, 1.807) is 0 Å². The molecule has 0 heterocycles. The predicted molar refractivity (Wildman–Crippen MR) is 124 cm³/mol. The molecule has 0 radical (unpaired) electrons. The molecule has 0 atom stereocenters. The predicted octanol–water partition coefficient (Wildman–Crippen LogP) is 7.38. The summed E-state index contributed by atoms with van der Waals surface area (Å²) in [6.07, 6.45) is 12.8. The summed E-state index contributed by atoms with van der Waals surface area (Å²) in [6.45, 7) is 8.94. The summed E-state index contributed by atoms with van der Waals surface area (Å²) < 4.78 is 0. The molecule has 0 fully saturated rings. The zero-order valence-electron chi connectivity index (χ0n) is 19.5. The van der Waals surface area contributed by atoms with Crippen LogP contribution in [-0.4, -0.2) is 22.2 Å². The zero-order valence-corrected chi connectivity index (χ0v) is 19.5. The molecule has 2 N–H and O–H groups in total. The molecule has 0 aliphatic rings. The largest absolute Gasteiger partial charge is 0.478 e. The molecule has 1 aromatic carbocycles. The summed E-state index contributed by atoms with van der Waals surface area (Å²) in [6, 6.07) is 3.32. The van der Waals surface area contributed by atoms with Crippen molar-refractivity contribution in [3.63, 3.8) is 0 Å². The number of rotatable bonds is 16. The standard InChI is InChI=1S/C26H42O4/c1-19(2)13-9-5-7-11-15-21-17-18-23(25(27)28)24(26(29)30)22(21)16-12-8-6-10-14-20(3)4/h17-20H,5-16H2,1-4H3,(H,27,28)(H,29,30). The normalized spacial score (nSPS) is 11.4. The van der Waals surface area contributed by atoms with Crippen LogP contribution in [0.15, 0.2) is 12.1 Å². The summed E-state index contributed by atoms with van der Waals surface area (Å²) >= 11 is 0. The van der Waals surface area contributed by atoms with Crippen molar-refractivity contribution in [2.75, 3.05) is 0 Å². The fourth-order valence-electron chi connectivity index (χ4n) is 4.06. The molecule has 0 saturated heterocycles. The van der Waals surface area contributed by atoms with Gasteiger partial charge in [-0.2, -0.15) is 0 Å². The number of hydrogen-bond donors (Lipinski definition) is 2. The van der Waals surface area contributed by atoms with E-state index in [1.165, 1.54) is 38.2 Å². The van der Waals surface area contributed by atoms with Gasteiger partial charge in [-0.15, -0.1) is 0 Å². The van der Waals surface area contributed by atoms with Crippen LogP contribution < -0.4 is 0 Å². The quantitative estimate of drug-likeness (QED) is 0.275. The van der Waals surface area contributed by atoms with Crippen LogP contribution in [-0.2, 0) is 12.8 Å². The van der Waals surface area contributed by atoms with Gasteiger partial charge in [0.1, 0.15) is 0 Å². The summed E-state index contributed by atoms with van der Waals surface area (Å²) in [4.78, 5) is 23.5. The molecule has 1 aromatic rings. The minimum atomic E-state index is -1.16. The Hall–Kier alpha value is -1.84. The highest BCUT2D eigenvalue weighted by molar-refractivity contribution is 6.03. The van der Waals surface area contributed by atoms with Crippen LogP contribution in [0.2, 0.25) is 0 Å². The Balaban J connectivity index is 2.81. The Morgan fingerprint density at radius 3 is 1.67 bits per heavy atom. The number of aromatic carboxylic acids is 2. The molecule has 0 saturated carbocycles. The molecule has 0 unspecified atom stereocenters. The van der Waals surface area contributed by atoms with E-state index in [4.69, 9.17) is 0 Å². The summed E-state index contributed by atoms with van der Waals surface area (Å²) in [5.74, 6) is -0.839. The van der Waals surface area contributed by atoms with Gasteiger partial charge in [-0.1, -0.05) is 85.1 Å². The highest BCUT2D eigenvalue weighted by Crippen LogP contribution is 2.25. The Morgan fingerprint density at radius 1 is 0.700 bits per heavy atom. The monoisotopic (exact) mass is 418 g/mol. The average molecular weight is 419 g/mol. The van der Waals surface area contributed by atoms with E-state index in [0.717, 1.165) is 55.6 Å². The van der Waals surface area contributed by atoms with E-state index in [-0.39, 0.29) is 11.1 Å². The van der Waals surface area contributed by atoms with Crippen LogP contribution in [0, 0.1) is 11.8 Å². The van der Waals surface area contributed by atoms with Crippen LogP contribution in [0.5, 0.6) is 0 Å². The summed E-state index contributed by atoms with van der Waals surface area (Å²) in [5.41, 5.74) is 1.68. The van der Waals surface area contributed by atoms with Gasteiger partial charge in [-0.3, -0.25) is 0 Å².